The molecule has 1 aromatic rings. The number of pyridine rings is 1. The van der Waals surface area contributed by atoms with Crippen LogP contribution in [-0.2, 0) is 6.54 Å². The number of nitrogens with zero attached hydrogens (tertiary/aromatic N) is 3. The molecule has 0 amide bonds. The summed E-state index contributed by atoms with van der Waals surface area (Å²) in [6.45, 7) is 1.55. The van der Waals surface area contributed by atoms with Crippen molar-refractivity contribution in [1.29, 1.82) is 0 Å². The van der Waals surface area contributed by atoms with Crippen molar-refractivity contribution >= 4 is 5.84 Å². The van der Waals surface area contributed by atoms with E-state index in [1.165, 1.54) is 0 Å². The minimum absolute atomic E-state index is 0.0260. The topological polar surface area (TPSA) is 115 Å². The van der Waals surface area contributed by atoms with Gasteiger partial charge in [0, 0.05) is 25.8 Å². The highest BCUT2D eigenvalue weighted by Crippen LogP contribution is 2.06. The normalized spacial score (nSPS) is 12.1. The lowest BCUT2D eigenvalue weighted by Crippen LogP contribution is -2.29. The Morgan fingerprint density at radius 3 is 2.56 bits per heavy atom. The summed E-state index contributed by atoms with van der Waals surface area (Å²) in [4.78, 5) is 5.87. The number of rotatable bonds is 7. The largest absolute Gasteiger partial charge is 0.409 e. The molecule has 1 aromatic heterocycles. The predicted octanol–water partition coefficient (Wildman–Crippen LogP) is -1.04. The maximum Gasteiger partial charge on any atom is 0.188 e. The maximum absolute atomic E-state index is 8.91. The minimum atomic E-state index is -0.0484. The molecule has 18 heavy (non-hydrogen) atoms. The van der Waals surface area contributed by atoms with Crippen LogP contribution < -0.4 is 5.73 Å². The lowest BCUT2D eigenvalue weighted by molar-refractivity contribution is 0.156. The SMILES string of the molecule is NC(=NO)c1cc(CN(CCO)CCO)ccn1. The number of oxime groups is 1. The molecule has 0 atom stereocenters. The van der Waals surface area contributed by atoms with Gasteiger partial charge in [-0.05, 0) is 17.7 Å². The maximum atomic E-state index is 8.91. The molecule has 0 saturated heterocycles. The van der Waals surface area contributed by atoms with E-state index in [2.05, 4.69) is 10.1 Å². The third-order valence-electron chi connectivity index (χ3n) is 2.43. The Morgan fingerprint density at radius 2 is 2.00 bits per heavy atom. The van der Waals surface area contributed by atoms with Gasteiger partial charge in [0.15, 0.2) is 5.84 Å². The predicted molar refractivity (Wildman–Crippen MR) is 66.2 cm³/mol. The van der Waals surface area contributed by atoms with Crippen molar-refractivity contribution in [3.05, 3.63) is 29.6 Å². The zero-order valence-electron chi connectivity index (χ0n) is 10.0. The van der Waals surface area contributed by atoms with Crippen molar-refractivity contribution in [3.8, 4) is 0 Å². The molecule has 0 saturated carbocycles. The fraction of sp³-hybridized carbons (Fsp3) is 0.455. The first kappa shape index (κ1) is 14.4. The molecule has 1 heterocycles. The molecule has 7 nitrogen and oxygen atoms in total. The molecule has 1 rings (SSSR count). The van der Waals surface area contributed by atoms with Crippen LogP contribution in [0.25, 0.3) is 0 Å². The van der Waals surface area contributed by atoms with E-state index >= 15 is 0 Å². The van der Waals surface area contributed by atoms with E-state index < -0.39 is 0 Å². The van der Waals surface area contributed by atoms with Gasteiger partial charge in [0.1, 0.15) is 5.69 Å². The second kappa shape index (κ2) is 7.59. The summed E-state index contributed by atoms with van der Waals surface area (Å²) in [5.74, 6) is -0.0484. The highest BCUT2D eigenvalue weighted by atomic mass is 16.4. The van der Waals surface area contributed by atoms with Crippen molar-refractivity contribution in [2.75, 3.05) is 26.3 Å². The van der Waals surface area contributed by atoms with E-state index in [1.54, 1.807) is 18.3 Å². The van der Waals surface area contributed by atoms with E-state index in [-0.39, 0.29) is 19.0 Å². The quantitative estimate of drug-likeness (QED) is 0.214. The number of aliphatic hydroxyl groups is 2. The molecule has 5 N–H and O–H groups in total. The van der Waals surface area contributed by atoms with Crippen LogP contribution in [0.1, 0.15) is 11.3 Å². The third-order valence-corrected chi connectivity index (χ3v) is 2.43. The number of aliphatic hydroxyl groups excluding tert-OH is 2. The van der Waals surface area contributed by atoms with Crippen molar-refractivity contribution < 1.29 is 15.4 Å². The molecule has 0 fully saturated rings. The fourth-order valence-electron chi connectivity index (χ4n) is 1.57. The van der Waals surface area contributed by atoms with Crippen LogP contribution in [0.5, 0.6) is 0 Å². The Hall–Kier alpha value is -1.70. The van der Waals surface area contributed by atoms with Crippen molar-refractivity contribution in [3.63, 3.8) is 0 Å². The Balaban J connectivity index is 2.76. The van der Waals surface area contributed by atoms with Crippen LogP contribution in [0.15, 0.2) is 23.5 Å². The Bertz CT molecular complexity index is 392. The minimum Gasteiger partial charge on any atom is -0.409 e. The summed E-state index contributed by atoms with van der Waals surface area (Å²) in [6.07, 6.45) is 1.57. The Labute approximate surface area is 105 Å². The second-order valence-electron chi connectivity index (χ2n) is 3.76. The molecule has 0 spiro atoms. The van der Waals surface area contributed by atoms with Gasteiger partial charge in [0.25, 0.3) is 0 Å². The van der Waals surface area contributed by atoms with Gasteiger partial charge >= 0.3 is 0 Å². The van der Waals surface area contributed by atoms with Crippen LogP contribution in [0, 0.1) is 0 Å². The molecule has 0 aliphatic rings. The average molecular weight is 254 g/mol. The van der Waals surface area contributed by atoms with Gasteiger partial charge in [-0.25, -0.2) is 0 Å². The summed E-state index contributed by atoms with van der Waals surface area (Å²) in [5, 5.41) is 29.3. The highest BCUT2D eigenvalue weighted by Gasteiger charge is 2.07. The van der Waals surface area contributed by atoms with Crippen LogP contribution in [0.2, 0.25) is 0 Å². The molecule has 0 aliphatic heterocycles. The van der Waals surface area contributed by atoms with Crippen molar-refractivity contribution in [2.24, 2.45) is 10.9 Å². The van der Waals surface area contributed by atoms with Gasteiger partial charge in [-0.2, -0.15) is 0 Å². The van der Waals surface area contributed by atoms with E-state index in [1.807, 2.05) is 4.90 Å². The lowest BCUT2D eigenvalue weighted by atomic mass is 10.2. The van der Waals surface area contributed by atoms with Crippen LogP contribution in [-0.4, -0.2) is 57.4 Å². The van der Waals surface area contributed by atoms with Gasteiger partial charge in [0.2, 0.25) is 0 Å². The molecule has 0 bridgehead atoms. The van der Waals surface area contributed by atoms with Crippen LogP contribution in [0.3, 0.4) is 0 Å². The Morgan fingerprint density at radius 1 is 1.33 bits per heavy atom. The summed E-state index contributed by atoms with van der Waals surface area (Å²) in [6, 6.07) is 3.51. The van der Waals surface area contributed by atoms with E-state index in [4.69, 9.17) is 21.2 Å². The number of nitrogens with two attached hydrogens (primary N) is 1. The summed E-state index contributed by atoms with van der Waals surface area (Å²) < 4.78 is 0. The molecule has 7 heteroatoms. The summed E-state index contributed by atoms with van der Waals surface area (Å²) in [5.41, 5.74) is 6.76. The zero-order chi connectivity index (χ0) is 13.4. The molecule has 100 valence electrons. The van der Waals surface area contributed by atoms with E-state index in [9.17, 15) is 0 Å². The lowest BCUT2D eigenvalue weighted by Gasteiger charge is -2.20. The van der Waals surface area contributed by atoms with E-state index in [0.29, 0.717) is 25.3 Å². The van der Waals surface area contributed by atoms with Gasteiger partial charge in [-0.15, -0.1) is 0 Å². The molecule has 0 aliphatic carbocycles. The molecule has 0 radical (unpaired) electrons. The number of hydrogen-bond donors (Lipinski definition) is 4. The smallest absolute Gasteiger partial charge is 0.188 e. The van der Waals surface area contributed by atoms with Gasteiger partial charge in [-0.1, -0.05) is 5.16 Å². The fourth-order valence-corrected chi connectivity index (χ4v) is 1.57. The van der Waals surface area contributed by atoms with Gasteiger partial charge < -0.3 is 21.2 Å². The number of hydrogen-bond acceptors (Lipinski definition) is 6. The average Bonchev–Trinajstić information content (AvgIpc) is 2.39. The van der Waals surface area contributed by atoms with Crippen molar-refractivity contribution in [1.82, 2.24) is 9.88 Å². The molecular formula is C11H18N4O3. The standard InChI is InChI=1S/C11H18N4O3/c12-11(14-18)10-7-9(1-2-13-10)8-15(3-5-16)4-6-17/h1-2,7,16-18H,3-6,8H2,(H2,12,14). The molecule has 0 aromatic carbocycles. The van der Waals surface area contributed by atoms with Gasteiger partial charge in [0.05, 0.1) is 13.2 Å². The molecule has 0 unspecified atom stereocenters. The van der Waals surface area contributed by atoms with Crippen LogP contribution >= 0.6 is 0 Å². The first-order valence-electron chi connectivity index (χ1n) is 5.58. The highest BCUT2D eigenvalue weighted by molar-refractivity contribution is 5.95. The van der Waals surface area contributed by atoms with Crippen LogP contribution in [0.4, 0.5) is 0 Å². The first-order valence-corrected chi connectivity index (χ1v) is 5.58. The Kier molecular flexibility index (Phi) is 6.06. The number of aromatic nitrogens is 1. The second-order valence-corrected chi connectivity index (χ2v) is 3.76. The van der Waals surface area contributed by atoms with Crippen molar-refractivity contribution in [2.45, 2.75) is 6.54 Å². The summed E-state index contributed by atoms with van der Waals surface area (Å²) in [7, 11) is 0. The zero-order valence-corrected chi connectivity index (χ0v) is 10.0. The number of amidine groups is 1. The molecular weight excluding hydrogens is 236 g/mol. The monoisotopic (exact) mass is 254 g/mol. The van der Waals surface area contributed by atoms with Gasteiger partial charge in [-0.3, -0.25) is 9.88 Å². The third kappa shape index (κ3) is 4.28. The van der Waals surface area contributed by atoms with E-state index in [0.717, 1.165) is 5.56 Å². The summed E-state index contributed by atoms with van der Waals surface area (Å²) >= 11 is 0. The first-order chi connectivity index (χ1) is 8.71.